The summed E-state index contributed by atoms with van der Waals surface area (Å²) in [4.78, 5) is 27.9. The summed E-state index contributed by atoms with van der Waals surface area (Å²) in [5.41, 5.74) is 2.30. The molecule has 10 nitrogen and oxygen atoms in total. The van der Waals surface area contributed by atoms with Gasteiger partial charge in [0, 0.05) is 24.3 Å². The van der Waals surface area contributed by atoms with E-state index in [9.17, 15) is 4.79 Å². The summed E-state index contributed by atoms with van der Waals surface area (Å²) >= 11 is 0. The second-order valence-electron chi connectivity index (χ2n) is 7.75. The SMILES string of the molecule is O=C(c1ccc(CN=Nc2nc(Nc3ccccc3)nc(N3CCOCC3)n2)cc1)c1ccco1. The van der Waals surface area contributed by atoms with Gasteiger partial charge in [-0.2, -0.15) is 20.1 Å². The van der Waals surface area contributed by atoms with E-state index in [-0.39, 0.29) is 11.7 Å². The van der Waals surface area contributed by atoms with Crippen LogP contribution < -0.4 is 10.2 Å². The van der Waals surface area contributed by atoms with Crippen molar-refractivity contribution in [3.05, 3.63) is 89.9 Å². The number of carbonyl (C=O) groups excluding carboxylic acids is 1. The van der Waals surface area contributed by atoms with E-state index in [0.717, 1.165) is 11.3 Å². The van der Waals surface area contributed by atoms with Gasteiger partial charge in [0.25, 0.3) is 5.95 Å². The molecule has 0 atom stereocenters. The monoisotopic (exact) mass is 469 g/mol. The summed E-state index contributed by atoms with van der Waals surface area (Å²) in [7, 11) is 0. The van der Waals surface area contributed by atoms with E-state index in [1.54, 1.807) is 24.3 Å². The van der Waals surface area contributed by atoms with Crippen LogP contribution in [0.1, 0.15) is 21.7 Å². The molecule has 0 spiro atoms. The fraction of sp³-hybridized carbons (Fsp3) is 0.200. The van der Waals surface area contributed by atoms with Crippen molar-refractivity contribution >= 4 is 29.3 Å². The van der Waals surface area contributed by atoms with Crippen LogP contribution in [0.2, 0.25) is 0 Å². The molecule has 0 aliphatic carbocycles. The van der Waals surface area contributed by atoms with Crippen molar-refractivity contribution in [3.8, 4) is 0 Å². The molecule has 0 bridgehead atoms. The van der Waals surface area contributed by atoms with Crippen LogP contribution in [0.3, 0.4) is 0 Å². The van der Waals surface area contributed by atoms with Gasteiger partial charge < -0.3 is 19.4 Å². The molecule has 0 amide bonds. The van der Waals surface area contributed by atoms with E-state index in [4.69, 9.17) is 9.15 Å². The lowest BCUT2D eigenvalue weighted by atomic mass is 10.1. The van der Waals surface area contributed by atoms with Gasteiger partial charge in [0.05, 0.1) is 26.0 Å². The van der Waals surface area contributed by atoms with Crippen LogP contribution in [-0.2, 0) is 11.3 Å². The number of carbonyl (C=O) groups is 1. The zero-order valence-corrected chi connectivity index (χ0v) is 18.9. The van der Waals surface area contributed by atoms with Crippen molar-refractivity contribution in [2.75, 3.05) is 36.5 Å². The predicted octanol–water partition coefficient (Wildman–Crippen LogP) is 4.56. The average molecular weight is 470 g/mol. The number of benzene rings is 2. The second-order valence-corrected chi connectivity index (χ2v) is 7.75. The Morgan fingerprint density at radius 3 is 2.49 bits per heavy atom. The van der Waals surface area contributed by atoms with E-state index in [2.05, 4.69) is 30.5 Å². The Kier molecular flexibility index (Phi) is 6.81. The minimum Gasteiger partial charge on any atom is -0.461 e. The first-order valence-corrected chi connectivity index (χ1v) is 11.2. The van der Waals surface area contributed by atoms with E-state index in [0.29, 0.717) is 56.1 Å². The largest absolute Gasteiger partial charge is 0.461 e. The number of anilines is 3. The molecular formula is C25H23N7O3. The lowest BCUT2D eigenvalue weighted by molar-refractivity contribution is 0.101. The van der Waals surface area contributed by atoms with E-state index < -0.39 is 0 Å². The standard InChI is InChI=1S/C25H23N7O3/c33-22(21-7-4-14-35-21)19-10-8-18(9-11-19)17-26-31-24-28-23(27-20-5-2-1-3-6-20)29-25(30-24)32-12-15-34-16-13-32/h1-11,14H,12-13,15-17H2,(H,27,28,29,30). The van der Waals surface area contributed by atoms with Gasteiger partial charge in [0.1, 0.15) is 0 Å². The van der Waals surface area contributed by atoms with E-state index in [1.807, 2.05) is 47.4 Å². The molecule has 0 radical (unpaired) electrons. The number of ketones is 1. The molecule has 0 saturated carbocycles. The van der Waals surface area contributed by atoms with Gasteiger partial charge in [-0.1, -0.05) is 42.5 Å². The second kappa shape index (κ2) is 10.7. The Bertz CT molecular complexity index is 1290. The molecule has 3 heterocycles. The molecule has 4 aromatic rings. The van der Waals surface area contributed by atoms with Gasteiger partial charge in [0.15, 0.2) is 5.76 Å². The zero-order chi connectivity index (χ0) is 23.9. The summed E-state index contributed by atoms with van der Waals surface area (Å²) in [5.74, 6) is 1.27. The van der Waals surface area contributed by atoms with Crippen molar-refractivity contribution in [1.82, 2.24) is 15.0 Å². The molecule has 5 rings (SSSR count). The molecule has 1 saturated heterocycles. The zero-order valence-electron chi connectivity index (χ0n) is 18.9. The minimum absolute atomic E-state index is 0.164. The number of azo groups is 1. The van der Waals surface area contributed by atoms with Crippen molar-refractivity contribution in [3.63, 3.8) is 0 Å². The Labute approximate surface area is 201 Å². The summed E-state index contributed by atoms with van der Waals surface area (Å²) in [6.07, 6.45) is 1.48. The van der Waals surface area contributed by atoms with Crippen molar-refractivity contribution in [1.29, 1.82) is 0 Å². The highest BCUT2D eigenvalue weighted by Gasteiger charge is 2.17. The Hall–Kier alpha value is -4.44. The molecule has 0 unspecified atom stereocenters. The first-order chi connectivity index (χ1) is 17.2. The third kappa shape index (κ3) is 5.74. The van der Waals surface area contributed by atoms with Gasteiger partial charge in [0.2, 0.25) is 17.7 Å². The summed E-state index contributed by atoms with van der Waals surface area (Å²) in [6, 6.07) is 20.2. The van der Waals surface area contributed by atoms with Crippen LogP contribution in [0.25, 0.3) is 0 Å². The number of nitrogens with zero attached hydrogens (tertiary/aromatic N) is 6. The van der Waals surface area contributed by atoms with Gasteiger partial charge in [-0.15, -0.1) is 5.11 Å². The van der Waals surface area contributed by atoms with Gasteiger partial charge in [-0.3, -0.25) is 4.79 Å². The lowest BCUT2D eigenvalue weighted by Crippen LogP contribution is -2.37. The number of furan rings is 1. The van der Waals surface area contributed by atoms with E-state index in [1.165, 1.54) is 6.26 Å². The number of ether oxygens (including phenoxy) is 1. The number of nitrogens with one attached hydrogen (secondary N) is 1. The summed E-state index contributed by atoms with van der Waals surface area (Å²) in [5, 5.41) is 11.7. The fourth-order valence-electron chi connectivity index (χ4n) is 3.50. The highest BCUT2D eigenvalue weighted by molar-refractivity contribution is 6.07. The average Bonchev–Trinajstić information content (AvgIpc) is 3.45. The minimum atomic E-state index is -0.164. The topological polar surface area (TPSA) is 118 Å². The number of hydrogen-bond donors (Lipinski definition) is 1. The smallest absolute Gasteiger partial charge is 0.275 e. The molecule has 10 heteroatoms. The molecule has 1 N–H and O–H groups in total. The van der Waals surface area contributed by atoms with Crippen LogP contribution in [0.5, 0.6) is 0 Å². The lowest BCUT2D eigenvalue weighted by Gasteiger charge is -2.26. The van der Waals surface area contributed by atoms with Crippen LogP contribution in [-0.4, -0.2) is 47.0 Å². The van der Waals surface area contributed by atoms with Crippen molar-refractivity contribution in [2.24, 2.45) is 10.2 Å². The number of rotatable bonds is 8. The first-order valence-electron chi connectivity index (χ1n) is 11.2. The highest BCUT2D eigenvalue weighted by Crippen LogP contribution is 2.20. The predicted molar refractivity (Wildman–Crippen MR) is 129 cm³/mol. The van der Waals surface area contributed by atoms with E-state index >= 15 is 0 Å². The molecule has 35 heavy (non-hydrogen) atoms. The first kappa shape index (κ1) is 22.4. The fourth-order valence-corrected chi connectivity index (χ4v) is 3.50. The number of aromatic nitrogens is 3. The van der Waals surface area contributed by atoms with Gasteiger partial charge >= 0.3 is 0 Å². The van der Waals surface area contributed by atoms with Crippen LogP contribution in [0.15, 0.2) is 87.6 Å². The summed E-state index contributed by atoms with van der Waals surface area (Å²) < 4.78 is 10.6. The molecule has 1 aliphatic heterocycles. The summed E-state index contributed by atoms with van der Waals surface area (Å²) in [6.45, 7) is 2.92. The molecule has 2 aromatic heterocycles. The Morgan fingerprint density at radius 1 is 0.943 bits per heavy atom. The highest BCUT2D eigenvalue weighted by atomic mass is 16.5. The molecular weight excluding hydrogens is 446 g/mol. The van der Waals surface area contributed by atoms with Crippen molar-refractivity contribution < 1.29 is 13.9 Å². The third-order valence-corrected chi connectivity index (χ3v) is 5.31. The number of morpholine rings is 1. The maximum atomic E-state index is 12.4. The number of hydrogen-bond acceptors (Lipinski definition) is 10. The van der Waals surface area contributed by atoms with Crippen LogP contribution in [0, 0.1) is 0 Å². The molecule has 176 valence electrons. The Balaban J connectivity index is 1.31. The normalized spacial score (nSPS) is 13.8. The molecule has 1 fully saturated rings. The third-order valence-electron chi connectivity index (χ3n) is 5.31. The molecule has 2 aromatic carbocycles. The quantitative estimate of drug-likeness (QED) is 0.295. The maximum absolute atomic E-state index is 12.4. The van der Waals surface area contributed by atoms with Gasteiger partial charge in [-0.25, -0.2) is 0 Å². The Morgan fingerprint density at radius 2 is 1.74 bits per heavy atom. The van der Waals surface area contributed by atoms with Crippen LogP contribution in [0.4, 0.5) is 23.5 Å². The molecule has 1 aliphatic rings. The van der Waals surface area contributed by atoms with Crippen LogP contribution >= 0.6 is 0 Å². The maximum Gasteiger partial charge on any atom is 0.275 e. The number of para-hydroxylation sites is 1. The van der Waals surface area contributed by atoms with Gasteiger partial charge in [-0.05, 0) is 29.8 Å². The van der Waals surface area contributed by atoms with Crippen molar-refractivity contribution in [2.45, 2.75) is 6.54 Å².